The minimum Gasteiger partial charge on any atom is -0.393 e. The molecule has 0 aliphatic heterocycles. The van der Waals surface area contributed by atoms with Gasteiger partial charge in [-0.05, 0) is 19.3 Å². The van der Waals surface area contributed by atoms with Gasteiger partial charge in [-0.25, -0.2) is 0 Å². The van der Waals surface area contributed by atoms with E-state index in [1.165, 1.54) is 19.3 Å². The van der Waals surface area contributed by atoms with Crippen LogP contribution in [0, 0.1) is 5.41 Å². The molecule has 15 heavy (non-hydrogen) atoms. The molecule has 0 aromatic rings. The maximum atomic E-state index is 5.64. The van der Waals surface area contributed by atoms with Gasteiger partial charge in [-0.2, -0.15) is 0 Å². The van der Waals surface area contributed by atoms with Gasteiger partial charge in [0.25, 0.3) is 0 Å². The third-order valence-corrected chi connectivity index (χ3v) is 3.20. The molecule has 0 amide bonds. The highest BCUT2D eigenvalue weighted by Gasteiger charge is 2.20. The summed E-state index contributed by atoms with van der Waals surface area (Å²) in [5.74, 6) is 0. The molecule has 0 aromatic carbocycles. The number of ether oxygens (including phenoxy) is 1. The third-order valence-electron chi connectivity index (χ3n) is 2.65. The lowest BCUT2D eigenvalue weighted by Gasteiger charge is -2.22. The minimum absolute atomic E-state index is 0.0257. The highest BCUT2D eigenvalue weighted by Crippen LogP contribution is 2.22. The SMILES string of the molecule is CCCCCOCCCC(C)(C)C(N)=S. The number of hydrogen-bond acceptors (Lipinski definition) is 2. The van der Waals surface area contributed by atoms with Crippen LogP contribution in [0.25, 0.3) is 0 Å². The predicted octanol–water partition coefficient (Wildman–Crippen LogP) is 3.29. The maximum Gasteiger partial charge on any atom is 0.0784 e. The van der Waals surface area contributed by atoms with Gasteiger partial charge in [0.2, 0.25) is 0 Å². The van der Waals surface area contributed by atoms with E-state index in [0.29, 0.717) is 4.99 Å². The van der Waals surface area contributed by atoms with Crippen LogP contribution in [0.15, 0.2) is 0 Å². The summed E-state index contributed by atoms with van der Waals surface area (Å²) in [6.07, 6.45) is 5.73. The van der Waals surface area contributed by atoms with Crippen LogP contribution in [-0.2, 0) is 4.74 Å². The van der Waals surface area contributed by atoms with E-state index in [1.807, 2.05) is 0 Å². The summed E-state index contributed by atoms with van der Waals surface area (Å²) in [5, 5.41) is 0. The first-order valence-corrected chi connectivity index (χ1v) is 6.29. The lowest BCUT2D eigenvalue weighted by molar-refractivity contribution is 0.122. The van der Waals surface area contributed by atoms with E-state index in [1.54, 1.807) is 0 Å². The van der Waals surface area contributed by atoms with Crippen molar-refractivity contribution >= 4 is 17.2 Å². The molecule has 0 atom stereocenters. The minimum atomic E-state index is -0.0257. The van der Waals surface area contributed by atoms with Crippen LogP contribution < -0.4 is 5.73 Å². The van der Waals surface area contributed by atoms with Crippen LogP contribution >= 0.6 is 12.2 Å². The van der Waals surface area contributed by atoms with Crippen LogP contribution in [-0.4, -0.2) is 18.2 Å². The summed E-state index contributed by atoms with van der Waals surface area (Å²) < 4.78 is 5.53. The van der Waals surface area contributed by atoms with E-state index >= 15 is 0 Å². The highest BCUT2D eigenvalue weighted by molar-refractivity contribution is 7.80. The van der Waals surface area contributed by atoms with Gasteiger partial charge in [0.15, 0.2) is 0 Å². The van der Waals surface area contributed by atoms with Gasteiger partial charge in [0, 0.05) is 18.6 Å². The van der Waals surface area contributed by atoms with Gasteiger partial charge >= 0.3 is 0 Å². The zero-order valence-electron chi connectivity index (χ0n) is 10.3. The molecule has 0 spiro atoms. The zero-order chi connectivity index (χ0) is 11.7. The molecule has 0 heterocycles. The molecule has 0 unspecified atom stereocenters. The summed E-state index contributed by atoms with van der Waals surface area (Å²) in [6, 6.07) is 0. The fourth-order valence-corrected chi connectivity index (χ4v) is 1.40. The molecule has 0 aliphatic carbocycles. The average Bonchev–Trinajstić information content (AvgIpc) is 2.16. The number of nitrogens with two attached hydrogens (primary N) is 1. The van der Waals surface area contributed by atoms with E-state index in [9.17, 15) is 0 Å². The molecule has 3 heteroatoms. The summed E-state index contributed by atoms with van der Waals surface area (Å²) in [4.78, 5) is 0.605. The van der Waals surface area contributed by atoms with Gasteiger partial charge in [-0.1, -0.05) is 45.8 Å². The molecule has 0 bridgehead atoms. The number of thiocarbonyl (C=S) groups is 1. The van der Waals surface area contributed by atoms with Crippen LogP contribution in [0.1, 0.15) is 52.9 Å². The van der Waals surface area contributed by atoms with E-state index in [0.717, 1.165) is 26.1 Å². The highest BCUT2D eigenvalue weighted by atomic mass is 32.1. The van der Waals surface area contributed by atoms with Gasteiger partial charge < -0.3 is 10.5 Å². The van der Waals surface area contributed by atoms with Crippen molar-refractivity contribution in [2.24, 2.45) is 11.1 Å². The van der Waals surface area contributed by atoms with Crippen molar-refractivity contribution in [3.8, 4) is 0 Å². The second-order valence-corrected chi connectivity index (χ2v) is 5.11. The zero-order valence-corrected chi connectivity index (χ0v) is 11.2. The van der Waals surface area contributed by atoms with E-state index < -0.39 is 0 Å². The Balaban J connectivity index is 3.35. The molecule has 2 N–H and O–H groups in total. The van der Waals surface area contributed by atoms with Crippen molar-refractivity contribution in [1.82, 2.24) is 0 Å². The summed E-state index contributed by atoms with van der Waals surface area (Å²) in [7, 11) is 0. The van der Waals surface area contributed by atoms with Crippen molar-refractivity contribution in [2.45, 2.75) is 52.9 Å². The topological polar surface area (TPSA) is 35.2 Å². The molecule has 0 fully saturated rings. The van der Waals surface area contributed by atoms with Crippen molar-refractivity contribution in [3.05, 3.63) is 0 Å². The molecule has 0 saturated carbocycles. The lowest BCUT2D eigenvalue weighted by Crippen LogP contribution is -2.29. The Morgan fingerprint density at radius 2 is 1.80 bits per heavy atom. The molecule has 2 nitrogen and oxygen atoms in total. The second kappa shape index (κ2) is 8.05. The number of unbranched alkanes of at least 4 members (excludes halogenated alkanes) is 2. The molecule has 0 radical (unpaired) electrons. The Bertz CT molecular complexity index is 180. The third kappa shape index (κ3) is 7.74. The van der Waals surface area contributed by atoms with Gasteiger partial charge in [-0.3, -0.25) is 0 Å². The molecule has 0 rings (SSSR count). The summed E-state index contributed by atoms with van der Waals surface area (Å²) in [6.45, 7) is 8.10. The maximum absolute atomic E-state index is 5.64. The Labute approximate surface area is 99.6 Å². The van der Waals surface area contributed by atoms with Crippen molar-refractivity contribution in [3.63, 3.8) is 0 Å². The Kier molecular flexibility index (Phi) is 7.97. The monoisotopic (exact) mass is 231 g/mol. The van der Waals surface area contributed by atoms with Crippen molar-refractivity contribution < 1.29 is 4.74 Å². The van der Waals surface area contributed by atoms with Crippen molar-refractivity contribution in [1.29, 1.82) is 0 Å². The largest absolute Gasteiger partial charge is 0.393 e. The quantitative estimate of drug-likeness (QED) is 0.488. The van der Waals surface area contributed by atoms with Gasteiger partial charge in [0.1, 0.15) is 0 Å². The predicted molar refractivity (Wildman–Crippen MR) is 70.1 cm³/mol. The first-order chi connectivity index (χ1) is 7.00. The van der Waals surface area contributed by atoms with Gasteiger partial charge in [-0.15, -0.1) is 0 Å². The fourth-order valence-electron chi connectivity index (χ4n) is 1.30. The number of hydrogen-bond donors (Lipinski definition) is 1. The second-order valence-electron chi connectivity index (χ2n) is 4.67. The summed E-state index contributed by atoms with van der Waals surface area (Å²) >= 11 is 5.00. The smallest absolute Gasteiger partial charge is 0.0784 e. The van der Waals surface area contributed by atoms with E-state index in [4.69, 9.17) is 22.7 Å². The summed E-state index contributed by atoms with van der Waals surface area (Å²) in [5.41, 5.74) is 5.62. The molecular weight excluding hydrogens is 206 g/mol. The molecule has 0 saturated heterocycles. The molecule has 0 aromatic heterocycles. The van der Waals surface area contributed by atoms with Crippen LogP contribution in [0.2, 0.25) is 0 Å². The van der Waals surface area contributed by atoms with E-state index in [2.05, 4.69) is 20.8 Å². The molecule has 0 aliphatic rings. The van der Waals surface area contributed by atoms with Gasteiger partial charge in [0.05, 0.1) is 4.99 Å². The fraction of sp³-hybridized carbons (Fsp3) is 0.917. The van der Waals surface area contributed by atoms with Crippen LogP contribution in [0.4, 0.5) is 0 Å². The molecule has 90 valence electrons. The normalized spacial score (nSPS) is 11.7. The van der Waals surface area contributed by atoms with Crippen LogP contribution in [0.3, 0.4) is 0 Å². The first kappa shape index (κ1) is 14.8. The van der Waals surface area contributed by atoms with Crippen LogP contribution in [0.5, 0.6) is 0 Å². The Morgan fingerprint density at radius 1 is 1.20 bits per heavy atom. The number of rotatable bonds is 9. The molecular formula is C12H25NOS. The standard InChI is InChI=1S/C12H25NOS/c1-4-5-6-9-14-10-7-8-12(2,3)11(13)15/h4-10H2,1-3H3,(H2,13,15). The first-order valence-electron chi connectivity index (χ1n) is 5.88. The Morgan fingerprint density at radius 3 is 2.33 bits per heavy atom. The average molecular weight is 231 g/mol. The lowest BCUT2D eigenvalue weighted by atomic mass is 9.88. The Hall–Kier alpha value is -0.150. The van der Waals surface area contributed by atoms with Crippen molar-refractivity contribution in [2.75, 3.05) is 13.2 Å². The van der Waals surface area contributed by atoms with E-state index in [-0.39, 0.29) is 5.41 Å².